The smallest absolute Gasteiger partial charge is 0.315 e. The van der Waals surface area contributed by atoms with Crippen LogP contribution in [0.5, 0.6) is 11.5 Å². The highest BCUT2D eigenvalue weighted by atomic mass is 19.1. The zero-order valence-electron chi connectivity index (χ0n) is 24.1. The molecular weight excluding hydrogens is 562 g/mol. The summed E-state index contributed by atoms with van der Waals surface area (Å²) in [4.78, 5) is 41.6. The number of carbonyl (C=O) groups excluding carboxylic acids is 2. The number of urea groups is 1. The topological polar surface area (TPSA) is 122 Å². The van der Waals surface area contributed by atoms with E-state index in [2.05, 4.69) is 10.6 Å². The van der Waals surface area contributed by atoms with Crippen molar-refractivity contribution in [2.24, 2.45) is 0 Å². The molecule has 2 heterocycles. The summed E-state index contributed by atoms with van der Waals surface area (Å²) < 4.78 is 42.4. The summed E-state index contributed by atoms with van der Waals surface area (Å²) in [6, 6.07) is 7.56. The number of halogens is 2. The van der Waals surface area contributed by atoms with Crippen LogP contribution >= 0.6 is 0 Å². The molecule has 5 rings (SSSR count). The second-order valence-electron chi connectivity index (χ2n) is 10.8. The second-order valence-corrected chi connectivity index (χ2v) is 10.8. The molecule has 1 aliphatic heterocycles. The second kappa shape index (κ2) is 12.4. The molecular formula is C31H34F2N4O6. The molecule has 3 amide bonds. The number of anilines is 1. The summed E-state index contributed by atoms with van der Waals surface area (Å²) in [6.45, 7) is 1.26. The standard InChI is InChI=1S/C31H34F2N4O6/c1-17-26(27-23(32)15-22(43-3)16-24(27)33)28(30(40)37(17)25-5-4-10-36(11-12-38)29(25)39)35-31(41)34-20-8-6-19-14-21(42-2)9-7-18(19)13-20/h4-5,7,9-10,14-17,20,26,28,38H,6,8,11-13H2,1-3H3,(H2,34,35,41)/t17-,20?,26-,28-/m0/s1. The van der Waals surface area contributed by atoms with Crippen LogP contribution in [0.15, 0.2) is 53.5 Å². The molecule has 10 nitrogen and oxygen atoms in total. The Balaban J connectivity index is 1.45. The third kappa shape index (κ3) is 5.79. The average molecular weight is 597 g/mol. The van der Waals surface area contributed by atoms with Crippen LogP contribution in [0.1, 0.15) is 36.0 Å². The number of pyridine rings is 1. The first-order chi connectivity index (χ1) is 20.7. The quantitative estimate of drug-likeness (QED) is 0.368. The molecule has 2 aliphatic rings. The molecule has 1 fully saturated rings. The number of aliphatic hydroxyl groups is 1. The van der Waals surface area contributed by atoms with Crippen molar-refractivity contribution in [3.63, 3.8) is 0 Å². The van der Waals surface area contributed by atoms with Crippen molar-refractivity contribution < 1.29 is 33.0 Å². The number of amides is 3. The Bertz CT molecular complexity index is 1570. The number of aromatic nitrogens is 1. The van der Waals surface area contributed by atoms with Crippen LogP contribution in [0, 0.1) is 11.6 Å². The molecule has 0 saturated carbocycles. The van der Waals surface area contributed by atoms with E-state index >= 15 is 8.78 Å². The molecule has 1 saturated heterocycles. The zero-order chi connectivity index (χ0) is 30.8. The van der Waals surface area contributed by atoms with Crippen LogP contribution in [0.25, 0.3) is 0 Å². The van der Waals surface area contributed by atoms with E-state index in [-0.39, 0.29) is 30.6 Å². The van der Waals surface area contributed by atoms with E-state index in [1.807, 2.05) is 18.2 Å². The first-order valence-corrected chi connectivity index (χ1v) is 14.1. The van der Waals surface area contributed by atoms with Crippen molar-refractivity contribution in [1.29, 1.82) is 0 Å². The van der Waals surface area contributed by atoms with Crippen LogP contribution in [-0.2, 0) is 24.2 Å². The molecule has 1 aromatic heterocycles. The number of methoxy groups -OCH3 is 2. The molecule has 3 N–H and O–H groups in total. The van der Waals surface area contributed by atoms with E-state index in [0.29, 0.717) is 19.3 Å². The monoisotopic (exact) mass is 596 g/mol. The van der Waals surface area contributed by atoms with Gasteiger partial charge in [-0.2, -0.15) is 0 Å². The van der Waals surface area contributed by atoms with E-state index in [4.69, 9.17) is 9.47 Å². The maximum Gasteiger partial charge on any atom is 0.315 e. The predicted octanol–water partition coefficient (Wildman–Crippen LogP) is 2.88. The van der Waals surface area contributed by atoms with E-state index in [1.54, 1.807) is 20.1 Å². The van der Waals surface area contributed by atoms with Crippen LogP contribution in [0.2, 0.25) is 0 Å². The third-order valence-corrected chi connectivity index (χ3v) is 8.28. The number of hydrogen-bond acceptors (Lipinski definition) is 6. The van der Waals surface area contributed by atoms with Crippen molar-refractivity contribution in [1.82, 2.24) is 15.2 Å². The number of aliphatic hydroxyl groups excluding tert-OH is 1. The van der Waals surface area contributed by atoms with Gasteiger partial charge < -0.3 is 34.7 Å². The number of ether oxygens (including phenoxy) is 2. The molecule has 0 bridgehead atoms. The van der Waals surface area contributed by atoms with Gasteiger partial charge in [-0.1, -0.05) is 6.07 Å². The molecule has 0 spiro atoms. The number of nitrogens with zero attached hydrogens (tertiary/aromatic N) is 2. The number of nitrogens with one attached hydrogen (secondary N) is 2. The number of aryl methyl sites for hydroxylation is 1. The highest BCUT2D eigenvalue weighted by molar-refractivity contribution is 6.03. The van der Waals surface area contributed by atoms with Crippen molar-refractivity contribution in [2.75, 3.05) is 25.7 Å². The van der Waals surface area contributed by atoms with Gasteiger partial charge in [-0.25, -0.2) is 13.6 Å². The lowest BCUT2D eigenvalue weighted by atomic mass is 9.87. The highest BCUT2D eigenvalue weighted by Crippen LogP contribution is 2.40. The van der Waals surface area contributed by atoms with Gasteiger partial charge in [0.05, 0.1) is 20.8 Å². The van der Waals surface area contributed by atoms with Gasteiger partial charge >= 0.3 is 6.03 Å². The number of carbonyl (C=O) groups is 2. The van der Waals surface area contributed by atoms with E-state index in [0.717, 1.165) is 29.0 Å². The summed E-state index contributed by atoms with van der Waals surface area (Å²) in [5.41, 5.74) is 1.21. The van der Waals surface area contributed by atoms with Crippen molar-refractivity contribution in [2.45, 2.75) is 56.8 Å². The lowest BCUT2D eigenvalue weighted by Gasteiger charge is -2.28. The summed E-state index contributed by atoms with van der Waals surface area (Å²) in [7, 11) is 2.88. The van der Waals surface area contributed by atoms with Gasteiger partial charge in [-0.3, -0.25) is 9.59 Å². The molecule has 2 aromatic carbocycles. The Morgan fingerprint density at radius 2 is 1.74 bits per heavy atom. The zero-order valence-corrected chi connectivity index (χ0v) is 24.1. The first kappa shape index (κ1) is 30.0. The van der Waals surface area contributed by atoms with Crippen LogP contribution in [0.4, 0.5) is 19.3 Å². The first-order valence-electron chi connectivity index (χ1n) is 14.1. The number of fused-ring (bicyclic) bond motifs is 1. The summed E-state index contributed by atoms with van der Waals surface area (Å²) in [6.07, 6.45) is 3.39. The number of hydrogen-bond donors (Lipinski definition) is 3. The molecule has 4 atom stereocenters. The molecule has 1 aliphatic carbocycles. The minimum absolute atomic E-state index is 0.00433. The van der Waals surface area contributed by atoms with Crippen LogP contribution in [0.3, 0.4) is 0 Å². The van der Waals surface area contributed by atoms with Gasteiger partial charge in [-0.15, -0.1) is 0 Å². The fourth-order valence-corrected chi connectivity index (χ4v) is 6.18. The predicted molar refractivity (Wildman–Crippen MR) is 155 cm³/mol. The van der Waals surface area contributed by atoms with Crippen molar-refractivity contribution >= 4 is 17.6 Å². The molecule has 12 heteroatoms. The Morgan fingerprint density at radius 1 is 1.02 bits per heavy atom. The van der Waals surface area contributed by atoms with Crippen LogP contribution < -0.4 is 30.6 Å². The largest absolute Gasteiger partial charge is 0.497 e. The molecule has 0 radical (unpaired) electrons. The van der Waals surface area contributed by atoms with Gasteiger partial charge in [0, 0.05) is 48.4 Å². The van der Waals surface area contributed by atoms with E-state index in [9.17, 15) is 19.5 Å². The normalized spacial score (nSPS) is 21.3. The maximum atomic E-state index is 15.4. The third-order valence-electron chi connectivity index (χ3n) is 8.28. The minimum Gasteiger partial charge on any atom is -0.497 e. The summed E-state index contributed by atoms with van der Waals surface area (Å²) in [5, 5.41) is 14.9. The van der Waals surface area contributed by atoms with Crippen molar-refractivity contribution in [3.05, 3.63) is 87.3 Å². The van der Waals surface area contributed by atoms with Gasteiger partial charge in [0.15, 0.2) is 0 Å². The average Bonchev–Trinajstić information content (AvgIpc) is 3.21. The SMILES string of the molecule is COc1cc(F)c([C@H]2[C@H](NC(=O)NC3CCc4cc(OC)ccc4C3)C(=O)N(c3cccn(CCO)c3=O)[C@H]2C)c(F)c1. The highest BCUT2D eigenvalue weighted by Gasteiger charge is 2.50. The lowest BCUT2D eigenvalue weighted by molar-refractivity contribution is -0.118. The lowest BCUT2D eigenvalue weighted by Crippen LogP contribution is -2.51. The fraction of sp³-hybridized carbons (Fsp3) is 0.387. The van der Waals surface area contributed by atoms with Crippen molar-refractivity contribution in [3.8, 4) is 11.5 Å². The molecule has 3 aromatic rings. The van der Waals surface area contributed by atoms with Gasteiger partial charge in [0.25, 0.3) is 11.5 Å². The minimum atomic E-state index is -1.39. The molecule has 228 valence electrons. The Morgan fingerprint density at radius 3 is 2.42 bits per heavy atom. The van der Waals surface area contributed by atoms with Gasteiger partial charge in [0.2, 0.25) is 0 Å². The van der Waals surface area contributed by atoms with E-state index < -0.39 is 52.7 Å². The summed E-state index contributed by atoms with van der Waals surface area (Å²) in [5.74, 6) is -3.05. The Labute approximate surface area is 247 Å². The van der Waals surface area contributed by atoms with E-state index in [1.165, 1.54) is 28.8 Å². The fourth-order valence-electron chi connectivity index (χ4n) is 6.18. The number of benzene rings is 2. The Hall–Kier alpha value is -4.45. The van der Waals surface area contributed by atoms with Gasteiger partial charge in [0.1, 0.15) is 34.9 Å². The number of rotatable bonds is 8. The van der Waals surface area contributed by atoms with Crippen LogP contribution in [-0.4, -0.2) is 60.6 Å². The summed E-state index contributed by atoms with van der Waals surface area (Å²) >= 11 is 0. The molecule has 1 unspecified atom stereocenters. The maximum absolute atomic E-state index is 15.4. The molecule has 43 heavy (non-hydrogen) atoms. The Kier molecular flexibility index (Phi) is 8.67. The van der Waals surface area contributed by atoms with Gasteiger partial charge in [-0.05, 0) is 61.6 Å².